The summed E-state index contributed by atoms with van der Waals surface area (Å²) < 4.78 is 13.5. The van der Waals surface area contributed by atoms with E-state index < -0.39 is 0 Å². The first kappa shape index (κ1) is 16.6. The molecule has 1 heterocycles. The molecule has 0 fully saturated rings. The van der Waals surface area contributed by atoms with Crippen LogP contribution >= 0.6 is 11.6 Å². The highest BCUT2D eigenvalue weighted by Gasteiger charge is 2.20. The highest BCUT2D eigenvalue weighted by Crippen LogP contribution is 2.28. The molecule has 124 valence electrons. The molecule has 0 N–H and O–H groups in total. The highest BCUT2D eigenvalue weighted by atomic mass is 35.5. The van der Waals surface area contributed by atoms with E-state index in [1.165, 1.54) is 0 Å². The molecule has 5 heteroatoms. The van der Waals surface area contributed by atoms with Crippen LogP contribution in [0.2, 0.25) is 5.02 Å². The molecule has 0 saturated carbocycles. The molecule has 0 aliphatic heterocycles. The smallest absolute Gasteiger partial charge is 0.142 e. The quantitative estimate of drug-likeness (QED) is 0.666. The van der Waals surface area contributed by atoms with Gasteiger partial charge in [0.15, 0.2) is 0 Å². The number of aromatic nitrogens is 2. The molecule has 1 atom stereocenters. The van der Waals surface area contributed by atoms with Crippen LogP contribution in [0.15, 0.2) is 60.9 Å². The van der Waals surface area contributed by atoms with Gasteiger partial charge in [-0.25, -0.2) is 4.98 Å². The molecule has 2 aromatic carbocycles. The molecule has 0 amide bonds. The SMILES string of the molecule is COc1cccc(C(OCc2ccc(Cl)cc2)c2nccn2C)c1. The van der Waals surface area contributed by atoms with E-state index in [4.69, 9.17) is 21.1 Å². The minimum absolute atomic E-state index is 0.282. The van der Waals surface area contributed by atoms with E-state index in [1.807, 2.05) is 66.3 Å². The van der Waals surface area contributed by atoms with E-state index >= 15 is 0 Å². The third-order valence-corrected chi connectivity index (χ3v) is 4.07. The summed E-state index contributed by atoms with van der Waals surface area (Å²) in [5.74, 6) is 1.64. The zero-order chi connectivity index (χ0) is 16.9. The van der Waals surface area contributed by atoms with E-state index in [2.05, 4.69) is 4.98 Å². The van der Waals surface area contributed by atoms with Crippen LogP contribution in [0.1, 0.15) is 23.1 Å². The Hall–Kier alpha value is -2.30. The first-order chi connectivity index (χ1) is 11.7. The standard InChI is InChI=1S/C19H19ClN2O2/c1-22-11-10-21-19(22)18(15-4-3-5-17(12-15)23-2)24-13-14-6-8-16(20)9-7-14/h3-12,18H,13H2,1-2H3. The van der Waals surface area contributed by atoms with E-state index in [0.29, 0.717) is 11.6 Å². The molecule has 24 heavy (non-hydrogen) atoms. The molecule has 1 unspecified atom stereocenters. The van der Waals surface area contributed by atoms with Crippen molar-refractivity contribution in [1.29, 1.82) is 0 Å². The molecule has 0 bridgehead atoms. The number of rotatable bonds is 6. The van der Waals surface area contributed by atoms with Crippen LogP contribution in [0.5, 0.6) is 5.75 Å². The lowest BCUT2D eigenvalue weighted by molar-refractivity contribution is 0.0592. The number of hydrogen-bond acceptors (Lipinski definition) is 3. The maximum atomic E-state index is 6.20. The number of ether oxygens (including phenoxy) is 2. The predicted octanol–water partition coefficient (Wildman–Crippen LogP) is 4.39. The minimum Gasteiger partial charge on any atom is -0.497 e. The van der Waals surface area contributed by atoms with Crippen molar-refractivity contribution in [1.82, 2.24) is 9.55 Å². The zero-order valence-corrected chi connectivity index (χ0v) is 14.4. The summed E-state index contributed by atoms with van der Waals surface area (Å²) in [6.45, 7) is 0.464. The monoisotopic (exact) mass is 342 g/mol. The number of imidazole rings is 1. The fourth-order valence-corrected chi connectivity index (χ4v) is 2.64. The molecule has 1 aromatic heterocycles. The molecule has 0 radical (unpaired) electrons. The molecule has 4 nitrogen and oxygen atoms in total. The Labute approximate surface area is 146 Å². The van der Waals surface area contributed by atoms with Gasteiger partial charge in [0.05, 0.1) is 13.7 Å². The lowest BCUT2D eigenvalue weighted by Crippen LogP contribution is -2.12. The summed E-state index contributed by atoms with van der Waals surface area (Å²) in [5, 5.41) is 0.715. The van der Waals surface area contributed by atoms with Crippen LogP contribution in [-0.2, 0) is 18.4 Å². The van der Waals surface area contributed by atoms with Crippen LogP contribution < -0.4 is 4.74 Å². The van der Waals surface area contributed by atoms with Gasteiger partial charge in [-0.3, -0.25) is 0 Å². The number of nitrogens with zero attached hydrogens (tertiary/aromatic N) is 2. The minimum atomic E-state index is -0.282. The van der Waals surface area contributed by atoms with E-state index in [0.717, 1.165) is 22.7 Å². The van der Waals surface area contributed by atoms with Gasteiger partial charge in [-0.05, 0) is 35.4 Å². The average molecular weight is 343 g/mol. The summed E-state index contributed by atoms with van der Waals surface area (Å²) in [6, 6.07) is 15.5. The molecule has 0 saturated heterocycles. The van der Waals surface area contributed by atoms with Crippen molar-refractivity contribution in [3.8, 4) is 5.75 Å². The molecular formula is C19H19ClN2O2. The lowest BCUT2D eigenvalue weighted by Gasteiger charge is -2.19. The number of aryl methyl sites for hydroxylation is 1. The van der Waals surface area contributed by atoms with E-state index in [1.54, 1.807) is 13.3 Å². The van der Waals surface area contributed by atoms with Crippen molar-refractivity contribution in [3.05, 3.63) is 82.9 Å². The lowest BCUT2D eigenvalue weighted by atomic mass is 10.1. The van der Waals surface area contributed by atoms with Crippen molar-refractivity contribution in [3.63, 3.8) is 0 Å². The van der Waals surface area contributed by atoms with Crippen molar-refractivity contribution in [2.75, 3.05) is 7.11 Å². The Morgan fingerprint density at radius 2 is 1.96 bits per heavy atom. The molecule has 3 rings (SSSR count). The first-order valence-corrected chi connectivity index (χ1v) is 8.02. The predicted molar refractivity (Wildman–Crippen MR) is 94.3 cm³/mol. The van der Waals surface area contributed by atoms with Crippen molar-refractivity contribution in [2.45, 2.75) is 12.7 Å². The van der Waals surface area contributed by atoms with Crippen LogP contribution in [0.4, 0.5) is 0 Å². The summed E-state index contributed by atoms with van der Waals surface area (Å²) in [5.41, 5.74) is 2.05. The molecular weight excluding hydrogens is 324 g/mol. The van der Waals surface area contributed by atoms with Crippen LogP contribution in [0, 0.1) is 0 Å². The second kappa shape index (κ2) is 7.51. The van der Waals surface area contributed by atoms with Gasteiger partial charge in [0.1, 0.15) is 17.7 Å². The van der Waals surface area contributed by atoms with Crippen molar-refractivity contribution < 1.29 is 9.47 Å². The zero-order valence-electron chi connectivity index (χ0n) is 13.6. The third-order valence-electron chi connectivity index (χ3n) is 3.82. The maximum Gasteiger partial charge on any atom is 0.142 e. The Bertz CT molecular complexity index is 799. The molecule has 0 aliphatic rings. The number of hydrogen-bond donors (Lipinski definition) is 0. The number of methoxy groups -OCH3 is 1. The van der Waals surface area contributed by atoms with Gasteiger partial charge in [-0.15, -0.1) is 0 Å². The van der Waals surface area contributed by atoms with Crippen LogP contribution in [0.25, 0.3) is 0 Å². The fourth-order valence-electron chi connectivity index (χ4n) is 2.51. The second-order valence-corrected chi connectivity index (χ2v) is 5.93. The van der Waals surface area contributed by atoms with Gasteiger partial charge in [0, 0.05) is 24.5 Å². The van der Waals surface area contributed by atoms with E-state index in [9.17, 15) is 0 Å². The number of benzene rings is 2. The van der Waals surface area contributed by atoms with Crippen LogP contribution in [-0.4, -0.2) is 16.7 Å². The summed E-state index contributed by atoms with van der Waals surface area (Å²) in [7, 11) is 3.62. The normalized spacial score (nSPS) is 12.1. The summed E-state index contributed by atoms with van der Waals surface area (Å²) in [4.78, 5) is 4.45. The maximum absolute atomic E-state index is 6.20. The molecule has 0 spiro atoms. The molecule has 3 aromatic rings. The van der Waals surface area contributed by atoms with Gasteiger partial charge in [-0.1, -0.05) is 35.9 Å². The number of halogens is 1. The topological polar surface area (TPSA) is 36.3 Å². The fraction of sp³-hybridized carbons (Fsp3) is 0.211. The van der Waals surface area contributed by atoms with Gasteiger partial charge in [0.25, 0.3) is 0 Å². The Balaban J connectivity index is 1.87. The highest BCUT2D eigenvalue weighted by molar-refractivity contribution is 6.30. The third kappa shape index (κ3) is 3.78. The Morgan fingerprint density at radius 1 is 1.17 bits per heavy atom. The van der Waals surface area contributed by atoms with Gasteiger partial charge < -0.3 is 14.0 Å². The van der Waals surface area contributed by atoms with Gasteiger partial charge in [-0.2, -0.15) is 0 Å². The first-order valence-electron chi connectivity index (χ1n) is 7.64. The second-order valence-electron chi connectivity index (χ2n) is 5.49. The van der Waals surface area contributed by atoms with Crippen LogP contribution in [0.3, 0.4) is 0 Å². The summed E-state index contributed by atoms with van der Waals surface area (Å²) >= 11 is 5.94. The van der Waals surface area contributed by atoms with Crippen molar-refractivity contribution in [2.24, 2.45) is 7.05 Å². The van der Waals surface area contributed by atoms with Gasteiger partial charge in [0.2, 0.25) is 0 Å². The Morgan fingerprint density at radius 3 is 2.62 bits per heavy atom. The summed E-state index contributed by atoms with van der Waals surface area (Å²) in [6.07, 6.45) is 3.40. The van der Waals surface area contributed by atoms with E-state index in [-0.39, 0.29) is 6.10 Å². The van der Waals surface area contributed by atoms with Crippen molar-refractivity contribution >= 4 is 11.6 Å². The Kier molecular flexibility index (Phi) is 5.18. The van der Waals surface area contributed by atoms with Gasteiger partial charge >= 0.3 is 0 Å². The average Bonchev–Trinajstić information content (AvgIpc) is 3.03. The largest absolute Gasteiger partial charge is 0.497 e. The molecule has 0 aliphatic carbocycles.